The average molecular weight is 417 g/mol. The Balaban J connectivity index is 1.85. The van der Waals surface area contributed by atoms with Crippen molar-refractivity contribution in [1.29, 1.82) is 0 Å². The molecule has 2 heterocycles. The lowest BCUT2D eigenvalue weighted by Gasteiger charge is -2.21. The van der Waals surface area contributed by atoms with E-state index in [9.17, 15) is 4.79 Å². The van der Waals surface area contributed by atoms with Crippen LogP contribution in [0.15, 0.2) is 75.3 Å². The molecule has 0 fully saturated rings. The largest absolute Gasteiger partial charge is 0.493 e. The summed E-state index contributed by atoms with van der Waals surface area (Å²) < 4.78 is 16.1. The minimum absolute atomic E-state index is 0.210. The Morgan fingerprint density at radius 2 is 1.74 bits per heavy atom. The first-order chi connectivity index (χ1) is 15.1. The van der Waals surface area contributed by atoms with Crippen LogP contribution < -0.4 is 14.8 Å². The number of carbonyl (C=O) groups excluding carboxylic acids is 1. The third-order valence-electron chi connectivity index (χ3n) is 5.08. The Hall–Kier alpha value is -3.87. The third kappa shape index (κ3) is 4.07. The van der Waals surface area contributed by atoms with Crippen LogP contribution in [-0.2, 0) is 0 Å². The molecule has 1 aliphatic rings. The third-order valence-corrected chi connectivity index (χ3v) is 5.08. The summed E-state index contributed by atoms with van der Waals surface area (Å²) in [4.78, 5) is 22.5. The van der Waals surface area contributed by atoms with Gasteiger partial charge in [-0.3, -0.25) is 9.79 Å². The summed E-state index contributed by atoms with van der Waals surface area (Å²) in [6, 6.07) is 16.5. The van der Waals surface area contributed by atoms with E-state index >= 15 is 0 Å². The van der Waals surface area contributed by atoms with Crippen molar-refractivity contribution in [3.05, 3.63) is 72.2 Å². The second-order valence-corrected chi connectivity index (χ2v) is 6.92. The molecule has 4 rings (SSSR count). The lowest BCUT2D eigenvalue weighted by atomic mass is 9.90. The molecule has 158 valence electrons. The van der Waals surface area contributed by atoms with Gasteiger partial charge in [-0.15, -0.1) is 0 Å². The number of nitrogens with zero attached hydrogens (tertiary/aromatic N) is 2. The summed E-state index contributed by atoms with van der Waals surface area (Å²) in [6.07, 6.45) is 2.13. The van der Waals surface area contributed by atoms with Crippen LogP contribution in [0.2, 0.25) is 0 Å². The van der Waals surface area contributed by atoms with E-state index in [0.29, 0.717) is 29.4 Å². The molecular weight excluding hydrogens is 394 g/mol. The monoisotopic (exact) mass is 417 g/mol. The maximum absolute atomic E-state index is 12.8. The number of fused-ring (bicyclic) bond motifs is 1. The molecule has 0 radical (unpaired) electrons. The van der Waals surface area contributed by atoms with Crippen LogP contribution in [0.5, 0.6) is 11.5 Å². The Kier molecular flexibility index (Phi) is 5.84. The summed E-state index contributed by atoms with van der Waals surface area (Å²) in [5.74, 6) is 1.14. The van der Waals surface area contributed by atoms with E-state index in [-0.39, 0.29) is 17.6 Å². The van der Waals surface area contributed by atoms with Crippen molar-refractivity contribution in [2.24, 2.45) is 9.98 Å². The smallest absolute Gasteiger partial charge is 0.292 e. The number of aliphatic imine (C=N–C) groups is 2. The Bertz CT molecular complexity index is 1150. The van der Waals surface area contributed by atoms with Crippen molar-refractivity contribution < 1.29 is 18.7 Å². The van der Waals surface area contributed by atoms with Crippen molar-refractivity contribution >= 4 is 28.8 Å². The van der Waals surface area contributed by atoms with Gasteiger partial charge in [0.1, 0.15) is 5.84 Å². The van der Waals surface area contributed by atoms with Gasteiger partial charge in [0.15, 0.2) is 17.3 Å². The van der Waals surface area contributed by atoms with Gasteiger partial charge >= 0.3 is 0 Å². The number of ether oxygens (including phenoxy) is 2. The van der Waals surface area contributed by atoms with Crippen LogP contribution in [0.4, 0.5) is 11.4 Å². The molecule has 31 heavy (non-hydrogen) atoms. The van der Waals surface area contributed by atoms with E-state index in [1.165, 1.54) is 6.26 Å². The quantitative estimate of drug-likeness (QED) is 0.630. The van der Waals surface area contributed by atoms with Crippen molar-refractivity contribution in [1.82, 2.24) is 5.32 Å². The van der Waals surface area contributed by atoms with Crippen LogP contribution in [-0.4, -0.2) is 31.7 Å². The lowest BCUT2D eigenvalue weighted by molar-refractivity contribution is 0.0949. The van der Waals surface area contributed by atoms with E-state index in [2.05, 4.69) is 5.32 Å². The number of hydrogen-bond acceptors (Lipinski definition) is 6. The summed E-state index contributed by atoms with van der Waals surface area (Å²) in [5, 5.41) is 2.95. The number of amidine groups is 1. The summed E-state index contributed by atoms with van der Waals surface area (Å²) in [6.45, 7) is 2.03. The average Bonchev–Trinajstić information content (AvgIpc) is 3.29. The van der Waals surface area contributed by atoms with Gasteiger partial charge < -0.3 is 19.2 Å². The molecule has 3 aromatic rings. The Morgan fingerprint density at radius 1 is 1.00 bits per heavy atom. The number of benzene rings is 2. The number of methoxy groups -OCH3 is 2. The van der Waals surface area contributed by atoms with E-state index in [1.807, 2.05) is 49.4 Å². The topological polar surface area (TPSA) is 85.4 Å². The maximum Gasteiger partial charge on any atom is 0.292 e. The molecule has 0 aliphatic carbocycles. The predicted octanol–water partition coefficient (Wildman–Crippen LogP) is 5.04. The molecule has 1 amide bonds. The minimum atomic E-state index is -0.379. The van der Waals surface area contributed by atoms with Gasteiger partial charge in [0.2, 0.25) is 0 Å². The number of rotatable bonds is 5. The van der Waals surface area contributed by atoms with Crippen LogP contribution in [0.3, 0.4) is 0 Å². The molecular formula is C24H23N3O4. The lowest BCUT2D eigenvalue weighted by Crippen LogP contribution is -2.37. The van der Waals surface area contributed by atoms with E-state index in [0.717, 1.165) is 17.0 Å². The molecule has 1 atom stereocenters. The summed E-state index contributed by atoms with van der Waals surface area (Å²) in [5.41, 5.74) is 3.19. The number of para-hydroxylation sites is 2. The minimum Gasteiger partial charge on any atom is -0.493 e. The number of amides is 1. The van der Waals surface area contributed by atoms with Gasteiger partial charge in [-0.25, -0.2) is 4.99 Å². The fourth-order valence-corrected chi connectivity index (χ4v) is 3.58. The standard InChI is InChI=1S/C24H23N3O4/c1-4-16-22(15-11-12-19(29-2)21(14-15)30-3)23(27-24(28)20-10-7-13-31-20)26-18-9-6-5-8-17(18)25-16/h5-14,22H,4H2,1-3H3,(H,26,27,28)/t22-/m1/s1. The SMILES string of the molecule is CCC1=Nc2ccccc2N=C(NC(=O)c2ccco2)[C@@H]1c1ccc(OC)c(OC)c1. The molecule has 2 aromatic carbocycles. The van der Waals surface area contributed by atoms with Gasteiger partial charge in [0.05, 0.1) is 37.8 Å². The fourth-order valence-electron chi connectivity index (χ4n) is 3.58. The molecule has 0 bridgehead atoms. The number of carbonyl (C=O) groups is 1. The van der Waals surface area contributed by atoms with Crippen LogP contribution in [0.1, 0.15) is 35.4 Å². The molecule has 0 spiro atoms. The highest BCUT2D eigenvalue weighted by Crippen LogP contribution is 2.37. The maximum atomic E-state index is 12.8. The van der Waals surface area contributed by atoms with Crippen LogP contribution >= 0.6 is 0 Å². The first kappa shape index (κ1) is 20.4. The molecule has 7 heteroatoms. The van der Waals surface area contributed by atoms with Crippen LogP contribution in [0.25, 0.3) is 0 Å². The first-order valence-electron chi connectivity index (χ1n) is 9.96. The number of nitrogens with one attached hydrogen (secondary N) is 1. The van der Waals surface area contributed by atoms with Crippen molar-refractivity contribution in [3.8, 4) is 11.5 Å². The fraction of sp³-hybridized carbons (Fsp3) is 0.208. The predicted molar refractivity (Wildman–Crippen MR) is 119 cm³/mol. The molecule has 0 saturated heterocycles. The molecule has 1 N–H and O–H groups in total. The summed E-state index contributed by atoms with van der Waals surface area (Å²) in [7, 11) is 3.18. The zero-order valence-electron chi connectivity index (χ0n) is 17.6. The molecule has 0 unspecified atom stereocenters. The number of hydrogen-bond donors (Lipinski definition) is 1. The first-order valence-corrected chi connectivity index (χ1v) is 9.96. The van der Waals surface area contributed by atoms with Gasteiger partial charge in [-0.05, 0) is 48.4 Å². The molecule has 1 aliphatic heterocycles. The van der Waals surface area contributed by atoms with E-state index < -0.39 is 0 Å². The van der Waals surface area contributed by atoms with Gasteiger partial charge in [0, 0.05) is 5.71 Å². The molecule has 0 saturated carbocycles. The highest BCUT2D eigenvalue weighted by molar-refractivity contribution is 6.19. The van der Waals surface area contributed by atoms with Crippen LogP contribution in [0, 0.1) is 0 Å². The molecule has 1 aromatic heterocycles. The second kappa shape index (κ2) is 8.87. The Labute approximate surface area is 180 Å². The van der Waals surface area contributed by atoms with Gasteiger partial charge in [-0.2, -0.15) is 0 Å². The highest BCUT2D eigenvalue weighted by Gasteiger charge is 2.29. The number of furan rings is 1. The van der Waals surface area contributed by atoms with Gasteiger partial charge in [-0.1, -0.05) is 25.1 Å². The van der Waals surface area contributed by atoms with E-state index in [4.69, 9.17) is 23.9 Å². The Morgan fingerprint density at radius 3 is 2.39 bits per heavy atom. The van der Waals surface area contributed by atoms with E-state index in [1.54, 1.807) is 26.4 Å². The second-order valence-electron chi connectivity index (χ2n) is 6.92. The van der Waals surface area contributed by atoms with Crippen molar-refractivity contribution in [3.63, 3.8) is 0 Å². The highest BCUT2D eigenvalue weighted by atomic mass is 16.5. The van der Waals surface area contributed by atoms with Crippen molar-refractivity contribution in [2.45, 2.75) is 19.3 Å². The molecule has 7 nitrogen and oxygen atoms in total. The van der Waals surface area contributed by atoms with Gasteiger partial charge in [0.25, 0.3) is 5.91 Å². The van der Waals surface area contributed by atoms with Crippen molar-refractivity contribution in [2.75, 3.05) is 14.2 Å². The summed E-state index contributed by atoms with van der Waals surface area (Å²) >= 11 is 0. The zero-order valence-corrected chi connectivity index (χ0v) is 17.6. The zero-order chi connectivity index (χ0) is 21.8. The normalized spacial score (nSPS) is 15.3.